The molecule has 2 aromatic rings. The lowest BCUT2D eigenvalue weighted by Crippen LogP contribution is -2.09. The summed E-state index contributed by atoms with van der Waals surface area (Å²) in [7, 11) is 1.45. The minimum atomic E-state index is -1.09. The molecule has 26 heavy (non-hydrogen) atoms. The number of benzene rings is 2. The molecule has 0 radical (unpaired) electrons. The zero-order valence-electron chi connectivity index (χ0n) is 14.9. The Morgan fingerprint density at radius 2 is 1.81 bits per heavy atom. The fourth-order valence-electron chi connectivity index (χ4n) is 2.49. The highest BCUT2D eigenvalue weighted by atomic mass is 16.5. The number of methoxy groups -OCH3 is 1. The van der Waals surface area contributed by atoms with Crippen LogP contribution in [0.15, 0.2) is 42.5 Å². The first-order valence-corrected chi connectivity index (χ1v) is 8.31. The van der Waals surface area contributed by atoms with Gasteiger partial charge in [-0.15, -0.1) is 0 Å². The summed E-state index contributed by atoms with van der Waals surface area (Å²) in [5.74, 6) is -0.693. The van der Waals surface area contributed by atoms with E-state index in [1.165, 1.54) is 13.2 Å². The van der Waals surface area contributed by atoms with Gasteiger partial charge in [0.25, 0.3) is 0 Å². The maximum absolute atomic E-state index is 11.6. The number of hydrogen-bond donors (Lipinski definition) is 1. The first-order valence-electron chi connectivity index (χ1n) is 8.31. The molecule has 1 N–H and O–H groups in total. The Hall–Kier alpha value is -3.02. The molecule has 6 heteroatoms. The van der Waals surface area contributed by atoms with Gasteiger partial charge in [-0.3, -0.25) is 4.79 Å². The predicted octanol–water partition coefficient (Wildman–Crippen LogP) is 3.47. The largest absolute Gasteiger partial charge is 0.493 e. The molecule has 0 spiro atoms. The van der Waals surface area contributed by atoms with Crippen molar-refractivity contribution in [1.29, 1.82) is 0 Å². The van der Waals surface area contributed by atoms with Crippen molar-refractivity contribution in [2.24, 2.45) is 0 Å². The molecule has 2 aromatic carbocycles. The van der Waals surface area contributed by atoms with Crippen LogP contribution in [0.5, 0.6) is 11.5 Å². The van der Waals surface area contributed by atoms with Crippen LogP contribution in [-0.2, 0) is 22.6 Å². The summed E-state index contributed by atoms with van der Waals surface area (Å²) in [5.41, 5.74) is 1.55. The molecule has 0 aliphatic heterocycles. The van der Waals surface area contributed by atoms with Gasteiger partial charge in [0, 0.05) is 6.42 Å². The first-order chi connectivity index (χ1) is 12.5. The van der Waals surface area contributed by atoms with E-state index in [0.29, 0.717) is 30.3 Å². The molecule has 0 amide bonds. The maximum atomic E-state index is 11.6. The molecular formula is C20H22O6. The average Bonchev–Trinajstić information content (AvgIpc) is 2.65. The molecule has 0 aliphatic rings. The first kappa shape index (κ1) is 19.3. The molecule has 6 nitrogen and oxygen atoms in total. The Bertz CT molecular complexity index is 754. The Balaban J connectivity index is 2.24. The van der Waals surface area contributed by atoms with Gasteiger partial charge in [0.1, 0.15) is 6.61 Å². The van der Waals surface area contributed by atoms with E-state index < -0.39 is 5.97 Å². The number of carbonyl (C=O) groups excluding carboxylic acids is 1. The number of aryl methyl sites for hydroxylation is 1. The number of hydrogen-bond acceptors (Lipinski definition) is 5. The van der Waals surface area contributed by atoms with E-state index in [1.54, 1.807) is 13.0 Å². The van der Waals surface area contributed by atoms with Crippen LogP contribution >= 0.6 is 0 Å². The third kappa shape index (κ3) is 5.24. The molecule has 138 valence electrons. The fourth-order valence-corrected chi connectivity index (χ4v) is 2.49. The number of ether oxygens (including phenoxy) is 3. The zero-order valence-corrected chi connectivity index (χ0v) is 14.9. The molecule has 2 rings (SSSR count). The van der Waals surface area contributed by atoms with Crippen LogP contribution in [0.1, 0.15) is 34.8 Å². The van der Waals surface area contributed by atoms with Crippen molar-refractivity contribution < 1.29 is 28.9 Å². The average molecular weight is 358 g/mol. The van der Waals surface area contributed by atoms with Crippen molar-refractivity contribution in [2.75, 3.05) is 13.7 Å². The quantitative estimate of drug-likeness (QED) is 0.691. The van der Waals surface area contributed by atoms with Gasteiger partial charge in [0.05, 0.1) is 19.3 Å². The summed E-state index contributed by atoms with van der Waals surface area (Å²) in [6, 6.07) is 12.6. The third-order valence-electron chi connectivity index (χ3n) is 3.76. The molecular weight excluding hydrogens is 336 g/mol. The molecule has 0 aliphatic carbocycles. The number of carboxylic acid groups (broad SMARTS) is 1. The maximum Gasteiger partial charge on any atom is 0.336 e. The lowest BCUT2D eigenvalue weighted by Gasteiger charge is -2.15. The summed E-state index contributed by atoms with van der Waals surface area (Å²) in [4.78, 5) is 23.1. The molecule has 0 unspecified atom stereocenters. The second-order valence-corrected chi connectivity index (χ2v) is 5.54. The van der Waals surface area contributed by atoms with Gasteiger partial charge in [-0.2, -0.15) is 0 Å². The lowest BCUT2D eigenvalue weighted by molar-refractivity contribution is -0.143. The molecule has 0 aromatic heterocycles. The summed E-state index contributed by atoms with van der Waals surface area (Å²) in [6.45, 7) is 2.34. The van der Waals surface area contributed by atoms with Gasteiger partial charge >= 0.3 is 11.9 Å². The summed E-state index contributed by atoms with van der Waals surface area (Å²) < 4.78 is 16.0. The Morgan fingerprint density at radius 1 is 1.08 bits per heavy atom. The topological polar surface area (TPSA) is 82.1 Å². The highest BCUT2D eigenvalue weighted by Crippen LogP contribution is 2.32. The van der Waals surface area contributed by atoms with E-state index >= 15 is 0 Å². The number of carboxylic acids is 1. The van der Waals surface area contributed by atoms with Crippen molar-refractivity contribution in [1.82, 2.24) is 0 Å². The minimum Gasteiger partial charge on any atom is -0.493 e. The highest BCUT2D eigenvalue weighted by molar-refractivity contribution is 5.90. The normalized spacial score (nSPS) is 10.2. The van der Waals surface area contributed by atoms with E-state index in [2.05, 4.69) is 0 Å². The highest BCUT2D eigenvalue weighted by Gasteiger charge is 2.17. The van der Waals surface area contributed by atoms with Crippen LogP contribution in [0.3, 0.4) is 0 Å². The van der Waals surface area contributed by atoms with E-state index in [-0.39, 0.29) is 24.4 Å². The van der Waals surface area contributed by atoms with Crippen LogP contribution in [0.25, 0.3) is 0 Å². The summed E-state index contributed by atoms with van der Waals surface area (Å²) in [6.07, 6.45) is 0.338. The lowest BCUT2D eigenvalue weighted by atomic mass is 10.0. The number of aromatic carboxylic acids is 1. The van der Waals surface area contributed by atoms with Gasteiger partial charge in [-0.1, -0.05) is 30.3 Å². The molecule has 0 bridgehead atoms. The van der Waals surface area contributed by atoms with E-state index in [9.17, 15) is 14.7 Å². The number of rotatable bonds is 9. The van der Waals surface area contributed by atoms with Gasteiger partial charge in [0.15, 0.2) is 11.5 Å². The molecule has 0 saturated heterocycles. The van der Waals surface area contributed by atoms with Crippen LogP contribution in [-0.4, -0.2) is 30.8 Å². The number of esters is 1. The number of carbonyl (C=O) groups is 2. The fraction of sp³-hybridized carbons (Fsp3) is 0.300. The van der Waals surface area contributed by atoms with Crippen LogP contribution < -0.4 is 9.47 Å². The molecule has 0 atom stereocenters. The molecule has 0 heterocycles. The predicted molar refractivity (Wildman–Crippen MR) is 95.7 cm³/mol. The van der Waals surface area contributed by atoms with E-state index in [0.717, 1.165) is 5.56 Å². The van der Waals surface area contributed by atoms with Gasteiger partial charge in [-0.05, 0) is 36.6 Å². The van der Waals surface area contributed by atoms with Crippen molar-refractivity contribution in [3.8, 4) is 11.5 Å². The monoisotopic (exact) mass is 358 g/mol. The van der Waals surface area contributed by atoms with E-state index in [1.807, 2.05) is 30.3 Å². The summed E-state index contributed by atoms with van der Waals surface area (Å²) in [5, 5.41) is 9.44. The van der Waals surface area contributed by atoms with Crippen molar-refractivity contribution in [2.45, 2.75) is 26.4 Å². The minimum absolute atomic E-state index is 0.0817. The van der Waals surface area contributed by atoms with Gasteiger partial charge in [0.2, 0.25) is 0 Å². The van der Waals surface area contributed by atoms with Gasteiger partial charge in [-0.25, -0.2) is 4.79 Å². The SMILES string of the molecule is CCOC(=O)CCc1cc(OCc2ccccc2)c(OC)cc1C(=O)O. The van der Waals surface area contributed by atoms with Crippen molar-refractivity contribution in [3.63, 3.8) is 0 Å². The second kappa shape index (κ2) is 9.46. The molecule has 0 fully saturated rings. The van der Waals surface area contributed by atoms with Gasteiger partial charge < -0.3 is 19.3 Å². The van der Waals surface area contributed by atoms with Crippen molar-refractivity contribution in [3.05, 3.63) is 59.2 Å². The van der Waals surface area contributed by atoms with E-state index in [4.69, 9.17) is 14.2 Å². The smallest absolute Gasteiger partial charge is 0.336 e. The molecule has 0 saturated carbocycles. The Morgan fingerprint density at radius 3 is 2.42 bits per heavy atom. The van der Waals surface area contributed by atoms with Crippen LogP contribution in [0, 0.1) is 0 Å². The third-order valence-corrected chi connectivity index (χ3v) is 3.76. The van der Waals surface area contributed by atoms with Crippen LogP contribution in [0.4, 0.5) is 0 Å². The zero-order chi connectivity index (χ0) is 18.9. The Labute approximate surface area is 152 Å². The van der Waals surface area contributed by atoms with Crippen molar-refractivity contribution >= 4 is 11.9 Å². The Kier molecular flexibility index (Phi) is 7.02. The summed E-state index contributed by atoms with van der Waals surface area (Å²) >= 11 is 0. The standard InChI is InChI=1S/C20H22O6/c1-3-25-19(21)10-9-15-11-18(17(24-2)12-16(15)20(22)23)26-13-14-7-5-4-6-8-14/h4-8,11-12H,3,9-10,13H2,1-2H3,(H,22,23). The van der Waals surface area contributed by atoms with Crippen LogP contribution in [0.2, 0.25) is 0 Å². The second-order valence-electron chi connectivity index (χ2n) is 5.54.